The first-order chi connectivity index (χ1) is 7.95. The molecule has 1 aliphatic rings. The molecule has 2 nitrogen and oxygen atoms in total. The maximum Gasteiger partial charge on any atom is 0.0662 e. The molecule has 0 aromatic rings. The first kappa shape index (κ1) is 15.0. The zero-order valence-corrected chi connectivity index (χ0v) is 12.5. The van der Waals surface area contributed by atoms with Crippen LogP contribution in [0.2, 0.25) is 0 Å². The third-order valence-electron chi connectivity index (χ3n) is 4.70. The van der Waals surface area contributed by atoms with Crippen molar-refractivity contribution in [3.05, 3.63) is 0 Å². The highest BCUT2D eigenvalue weighted by molar-refractivity contribution is 5.05. The van der Waals surface area contributed by atoms with Crippen molar-refractivity contribution < 1.29 is 4.74 Å². The summed E-state index contributed by atoms with van der Waals surface area (Å²) >= 11 is 0. The van der Waals surface area contributed by atoms with Gasteiger partial charge < -0.3 is 10.1 Å². The van der Waals surface area contributed by atoms with Gasteiger partial charge in [0.2, 0.25) is 0 Å². The van der Waals surface area contributed by atoms with E-state index in [0.29, 0.717) is 29.6 Å². The molecule has 0 amide bonds. The van der Waals surface area contributed by atoms with Crippen LogP contribution in [0.1, 0.15) is 60.8 Å². The van der Waals surface area contributed by atoms with E-state index < -0.39 is 0 Å². The predicted molar refractivity (Wildman–Crippen MR) is 74.3 cm³/mol. The monoisotopic (exact) mass is 241 g/mol. The van der Waals surface area contributed by atoms with Crippen molar-refractivity contribution in [2.45, 2.75) is 79.1 Å². The fraction of sp³-hybridized carbons (Fsp3) is 1.00. The number of hydrogen-bond acceptors (Lipinski definition) is 2. The minimum atomic E-state index is 0.332. The maximum absolute atomic E-state index is 6.22. The Bertz CT molecular complexity index is 229. The molecular weight excluding hydrogens is 210 g/mol. The molecule has 4 unspecified atom stereocenters. The normalized spacial score (nSPS) is 34.8. The molecule has 0 heterocycles. The standard InChI is InChI=1S/C15H31NO/c1-7-9-16-13-10-14(15(13,6)8-2)17-12(5)11(3)4/h11-14,16H,7-10H2,1-6H3. The summed E-state index contributed by atoms with van der Waals surface area (Å²) in [6.45, 7) is 14.7. The van der Waals surface area contributed by atoms with Crippen LogP contribution >= 0.6 is 0 Å². The molecule has 1 aliphatic carbocycles. The molecule has 2 heteroatoms. The SMILES string of the molecule is CCCNC1CC(OC(C)C(C)C)C1(C)CC. The average molecular weight is 241 g/mol. The Balaban J connectivity index is 2.49. The summed E-state index contributed by atoms with van der Waals surface area (Å²) in [5.74, 6) is 0.610. The first-order valence-electron chi connectivity index (χ1n) is 7.34. The summed E-state index contributed by atoms with van der Waals surface area (Å²) in [5, 5.41) is 3.66. The van der Waals surface area contributed by atoms with Crippen LogP contribution < -0.4 is 5.32 Å². The van der Waals surface area contributed by atoms with E-state index >= 15 is 0 Å². The molecule has 0 aromatic carbocycles. The summed E-state index contributed by atoms with van der Waals surface area (Å²) < 4.78 is 6.22. The lowest BCUT2D eigenvalue weighted by molar-refractivity contribution is -0.161. The van der Waals surface area contributed by atoms with Gasteiger partial charge in [0.25, 0.3) is 0 Å². The second kappa shape index (κ2) is 6.19. The van der Waals surface area contributed by atoms with Gasteiger partial charge in [0.05, 0.1) is 12.2 Å². The van der Waals surface area contributed by atoms with Crippen molar-refractivity contribution in [1.82, 2.24) is 5.32 Å². The quantitative estimate of drug-likeness (QED) is 0.735. The third kappa shape index (κ3) is 3.23. The fourth-order valence-electron chi connectivity index (χ4n) is 2.55. The van der Waals surface area contributed by atoms with E-state index in [0.717, 1.165) is 6.54 Å². The van der Waals surface area contributed by atoms with Crippen LogP contribution in [-0.2, 0) is 4.74 Å². The van der Waals surface area contributed by atoms with Crippen molar-refractivity contribution >= 4 is 0 Å². The van der Waals surface area contributed by atoms with Gasteiger partial charge in [-0.15, -0.1) is 0 Å². The van der Waals surface area contributed by atoms with Crippen molar-refractivity contribution in [3.63, 3.8) is 0 Å². The zero-order chi connectivity index (χ0) is 13.1. The van der Waals surface area contributed by atoms with Crippen LogP contribution in [0.25, 0.3) is 0 Å². The lowest BCUT2D eigenvalue weighted by Crippen LogP contribution is -2.63. The highest BCUT2D eigenvalue weighted by atomic mass is 16.5. The van der Waals surface area contributed by atoms with Gasteiger partial charge in [-0.05, 0) is 38.6 Å². The fourth-order valence-corrected chi connectivity index (χ4v) is 2.55. The summed E-state index contributed by atoms with van der Waals surface area (Å²) in [6.07, 6.45) is 4.41. The van der Waals surface area contributed by atoms with Gasteiger partial charge in [0.1, 0.15) is 0 Å². The van der Waals surface area contributed by atoms with Crippen molar-refractivity contribution in [2.24, 2.45) is 11.3 Å². The van der Waals surface area contributed by atoms with Crippen LogP contribution in [-0.4, -0.2) is 24.8 Å². The molecule has 0 bridgehead atoms. The molecule has 1 fully saturated rings. The van der Waals surface area contributed by atoms with E-state index in [-0.39, 0.29) is 0 Å². The van der Waals surface area contributed by atoms with E-state index in [9.17, 15) is 0 Å². The molecule has 17 heavy (non-hydrogen) atoms. The summed E-state index contributed by atoms with van der Waals surface area (Å²) in [5.41, 5.74) is 0.332. The van der Waals surface area contributed by atoms with Gasteiger partial charge in [0.15, 0.2) is 0 Å². The Kier molecular flexibility index (Phi) is 5.46. The van der Waals surface area contributed by atoms with E-state index in [4.69, 9.17) is 4.74 Å². The molecular formula is C15H31NO. The van der Waals surface area contributed by atoms with Crippen molar-refractivity contribution in [1.29, 1.82) is 0 Å². The lowest BCUT2D eigenvalue weighted by Gasteiger charge is -2.55. The second-order valence-electron chi connectivity index (χ2n) is 6.18. The van der Waals surface area contributed by atoms with Gasteiger partial charge in [-0.3, -0.25) is 0 Å². The predicted octanol–water partition coefficient (Wildman–Crippen LogP) is 3.60. The molecule has 102 valence electrons. The van der Waals surface area contributed by atoms with E-state index in [1.54, 1.807) is 0 Å². The van der Waals surface area contributed by atoms with Gasteiger partial charge >= 0.3 is 0 Å². The van der Waals surface area contributed by atoms with Crippen LogP contribution in [0.4, 0.5) is 0 Å². The Hall–Kier alpha value is -0.0800. The molecule has 0 spiro atoms. The van der Waals surface area contributed by atoms with Crippen LogP contribution in [0, 0.1) is 11.3 Å². The summed E-state index contributed by atoms with van der Waals surface area (Å²) in [6, 6.07) is 0.650. The van der Waals surface area contributed by atoms with Gasteiger partial charge in [0, 0.05) is 11.5 Å². The Morgan fingerprint density at radius 3 is 2.41 bits per heavy atom. The zero-order valence-electron chi connectivity index (χ0n) is 12.5. The van der Waals surface area contributed by atoms with Crippen LogP contribution in [0.5, 0.6) is 0 Å². The number of rotatable bonds is 7. The molecule has 0 saturated heterocycles. The second-order valence-corrected chi connectivity index (χ2v) is 6.18. The molecule has 0 radical (unpaired) electrons. The maximum atomic E-state index is 6.22. The Morgan fingerprint density at radius 2 is 1.94 bits per heavy atom. The van der Waals surface area contributed by atoms with Crippen molar-refractivity contribution in [2.75, 3.05) is 6.54 Å². The largest absolute Gasteiger partial charge is 0.374 e. The van der Waals surface area contributed by atoms with E-state index in [1.807, 2.05) is 0 Å². The molecule has 0 aliphatic heterocycles. The molecule has 1 saturated carbocycles. The number of nitrogens with one attached hydrogen (secondary N) is 1. The van der Waals surface area contributed by atoms with Crippen molar-refractivity contribution in [3.8, 4) is 0 Å². The Labute approximate surface area is 108 Å². The van der Waals surface area contributed by atoms with Gasteiger partial charge in [-0.25, -0.2) is 0 Å². The molecule has 0 aromatic heterocycles. The smallest absolute Gasteiger partial charge is 0.0662 e. The third-order valence-corrected chi connectivity index (χ3v) is 4.70. The average Bonchev–Trinajstić information content (AvgIpc) is 2.31. The number of hydrogen-bond donors (Lipinski definition) is 1. The van der Waals surface area contributed by atoms with Crippen LogP contribution in [0.15, 0.2) is 0 Å². The molecule has 1 rings (SSSR count). The van der Waals surface area contributed by atoms with Gasteiger partial charge in [-0.1, -0.05) is 34.6 Å². The summed E-state index contributed by atoms with van der Waals surface area (Å²) in [7, 11) is 0. The Morgan fingerprint density at radius 1 is 1.29 bits per heavy atom. The summed E-state index contributed by atoms with van der Waals surface area (Å²) in [4.78, 5) is 0. The first-order valence-corrected chi connectivity index (χ1v) is 7.34. The van der Waals surface area contributed by atoms with Crippen LogP contribution in [0.3, 0.4) is 0 Å². The number of ether oxygens (including phenoxy) is 1. The molecule has 4 atom stereocenters. The topological polar surface area (TPSA) is 21.3 Å². The highest BCUT2D eigenvalue weighted by Crippen LogP contribution is 2.46. The van der Waals surface area contributed by atoms with Gasteiger partial charge in [-0.2, -0.15) is 0 Å². The minimum absolute atomic E-state index is 0.332. The highest BCUT2D eigenvalue weighted by Gasteiger charge is 2.51. The minimum Gasteiger partial charge on any atom is -0.374 e. The van der Waals surface area contributed by atoms with E-state index in [1.165, 1.54) is 19.3 Å². The molecule has 1 N–H and O–H groups in total. The lowest BCUT2D eigenvalue weighted by atomic mass is 9.61. The van der Waals surface area contributed by atoms with E-state index in [2.05, 4.69) is 46.9 Å².